The number of hydrogen-bond donors (Lipinski definition) is 1. The number of amides is 2. The third kappa shape index (κ3) is 3.87. The number of rotatable bonds is 5. The Balaban J connectivity index is 1.98. The largest absolute Gasteiger partial charge is 0.322 e. The van der Waals surface area contributed by atoms with Crippen LogP contribution in [0.5, 0.6) is 0 Å². The molecule has 3 rings (SSSR count). The number of benzene rings is 2. The van der Waals surface area contributed by atoms with E-state index in [-0.39, 0.29) is 17.6 Å². The molecule has 1 heterocycles. The number of nitrogens with zero attached hydrogens (tertiary/aromatic N) is 3. The molecule has 2 aromatic carbocycles. The second kappa shape index (κ2) is 8.44. The van der Waals surface area contributed by atoms with Crippen LogP contribution in [-0.4, -0.2) is 27.5 Å². The molecule has 0 saturated heterocycles. The average molecular weight is 399 g/mol. The zero-order valence-corrected chi connectivity index (χ0v) is 16.9. The highest BCUT2D eigenvalue weighted by atomic mass is 35.5. The lowest BCUT2D eigenvalue weighted by atomic mass is 10.1. The molecule has 146 valence electrons. The summed E-state index contributed by atoms with van der Waals surface area (Å²) < 4.78 is 1.64. The van der Waals surface area contributed by atoms with E-state index >= 15 is 0 Å². The third-order valence-electron chi connectivity index (χ3n) is 4.76. The summed E-state index contributed by atoms with van der Waals surface area (Å²) >= 11 is 5.99. The predicted octanol–water partition coefficient (Wildman–Crippen LogP) is 4.68. The maximum absolute atomic E-state index is 12.9. The van der Waals surface area contributed by atoms with Crippen molar-refractivity contribution in [2.75, 3.05) is 12.4 Å². The van der Waals surface area contributed by atoms with Gasteiger partial charge in [0.2, 0.25) is 0 Å². The molecule has 0 saturated carbocycles. The molecule has 1 atom stereocenters. The molecule has 1 N–H and O–H groups in total. The number of carbonyl (C=O) groups excluding carboxylic acids is 1. The van der Waals surface area contributed by atoms with Crippen LogP contribution in [0.4, 0.5) is 10.5 Å². The fourth-order valence-electron chi connectivity index (χ4n) is 3.29. The van der Waals surface area contributed by atoms with Gasteiger partial charge in [-0.2, -0.15) is 0 Å². The van der Waals surface area contributed by atoms with Crippen LogP contribution in [-0.2, 0) is 6.54 Å². The van der Waals surface area contributed by atoms with Crippen LogP contribution in [0.15, 0.2) is 53.3 Å². The molecule has 2 amide bonds. The number of carbonyl (C=O) groups is 1. The Labute approximate surface area is 168 Å². The van der Waals surface area contributed by atoms with Crippen molar-refractivity contribution >= 4 is 34.2 Å². The summed E-state index contributed by atoms with van der Waals surface area (Å²) in [6.45, 7) is 4.35. The van der Waals surface area contributed by atoms with Crippen LogP contribution in [0.25, 0.3) is 10.9 Å². The second-order valence-corrected chi connectivity index (χ2v) is 6.95. The number of aromatic nitrogens is 2. The van der Waals surface area contributed by atoms with Gasteiger partial charge in [-0.15, -0.1) is 0 Å². The molecule has 6 nitrogen and oxygen atoms in total. The molecule has 7 heteroatoms. The number of nitrogens with one attached hydrogen (secondary N) is 1. The van der Waals surface area contributed by atoms with E-state index in [1.807, 2.05) is 32.0 Å². The first-order valence-electron chi connectivity index (χ1n) is 9.25. The summed E-state index contributed by atoms with van der Waals surface area (Å²) in [5, 5.41) is 3.97. The Hall–Kier alpha value is -2.86. The van der Waals surface area contributed by atoms with Crippen LogP contribution in [0.3, 0.4) is 0 Å². The quantitative estimate of drug-likeness (QED) is 0.678. The molecule has 28 heavy (non-hydrogen) atoms. The van der Waals surface area contributed by atoms with E-state index in [9.17, 15) is 9.59 Å². The molecule has 0 bridgehead atoms. The van der Waals surface area contributed by atoms with Gasteiger partial charge in [0.15, 0.2) is 0 Å². The van der Waals surface area contributed by atoms with Crippen LogP contribution < -0.4 is 10.9 Å². The normalized spacial score (nSPS) is 12.0. The van der Waals surface area contributed by atoms with E-state index in [0.717, 1.165) is 0 Å². The topological polar surface area (TPSA) is 67.2 Å². The minimum atomic E-state index is -0.351. The van der Waals surface area contributed by atoms with Gasteiger partial charge < -0.3 is 10.2 Å². The van der Waals surface area contributed by atoms with Crippen molar-refractivity contribution in [1.29, 1.82) is 0 Å². The number of halogens is 1. The lowest BCUT2D eigenvalue weighted by molar-refractivity contribution is 0.198. The summed E-state index contributed by atoms with van der Waals surface area (Å²) in [5.41, 5.74) is 1.15. The molecule has 1 aromatic heterocycles. The van der Waals surface area contributed by atoms with Gasteiger partial charge in [-0.05, 0) is 43.7 Å². The predicted molar refractivity (Wildman–Crippen MR) is 113 cm³/mol. The Morgan fingerprint density at radius 2 is 1.96 bits per heavy atom. The first kappa shape index (κ1) is 19.9. The Kier molecular flexibility index (Phi) is 5.99. The van der Waals surface area contributed by atoms with E-state index in [1.165, 1.54) is 0 Å². The lowest BCUT2D eigenvalue weighted by Crippen LogP contribution is -2.38. The van der Waals surface area contributed by atoms with Crippen LogP contribution in [0.1, 0.15) is 32.1 Å². The zero-order chi connectivity index (χ0) is 20.3. The minimum Gasteiger partial charge on any atom is -0.317 e. The summed E-state index contributed by atoms with van der Waals surface area (Å²) in [6, 6.07) is 13.6. The van der Waals surface area contributed by atoms with Gasteiger partial charge >= 0.3 is 6.03 Å². The molecule has 1 unspecified atom stereocenters. The Morgan fingerprint density at radius 3 is 2.64 bits per heavy atom. The number of para-hydroxylation sites is 1. The molecule has 0 aliphatic heterocycles. The molecular weight excluding hydrogens is 376 g/mol. The zero-order valence-electron chi connectivity index (χ0n) is 16.1. The van der Waals surface area contributed by atoms with E-state index in [0.29, 0.717) is 40.4 Å². The lowest BCUT2D eigenvalue weighted by Gasteiger charge is -2.29. The van der Waals surface area contributed by atoms with Crippen molar-refractivity contribution in [2.45, 2.75) is 32.9 Å². The highest BCUT2D eigenvalue weighted by Crippen LogP contribution is 2.24. The summed E-state index contributed by atoms with van der Waals surface area (Å²) in [6.07, 6.45) is 0.615. The molecular formula is C21H23ClN4O2. The third-order valence-corrected chi connectivity index (χ3v) is 4.99. The Bertz CT molecular complexity index is 1060. The molecule has 3 aromatic rings. The van der Waals surface area contributed by atoms with Gasteiger partial charge in [-0.25, -0.2) is 9.78 Å². The van der Waals surface area contributed by atoms with Crippen molar-refractivity contribution in [3.63, 3.8) is 0 Å². The highest BCUT2D eigenvalue weighted by Gasteiger charge is 2.25. The molecule has 0 fully saturated rings. The first-order chi connectivity index (χ1) is 13.5. The second-order valence-electron chi connectivity index (χ2n) is 6.51. The van der Waals surface area contributed by atoms with E-state index in [2.05, 4.69) is 5.32 Å². The molecule has 0 aliphatic rings. The van der Waals surface area contributed by atoms with Crippen molar-refractivity contribution < 1.29 is 4.79 Å². The van der Waals surface area contributed by atoms with Crippen molar-refractivity contribution in [3.8, 4) is 0 Å². The van der Waals surface area contributed by atoms with Crippen LogP contribution in [0, 0.1) is 0 Å². The summed E-state index contributed by atoms with van der Waals surface area (Å²) in [5.74, 6) is 0.581. The maximum atomic E-state index is 12.9. The standard InChI is InChI=1S/C21H23ClN4O2/c1-4-18(25(3)21(28)23-15-10-8-9-14(22)13-15)19-24-17-12-7-6-11-16(17)20(27)26(19)5-2/h6-13,18H,4-5H2,1-3H3,(H,23,28). The first-order valence-corrected chi connectivity index (χ1v) is 9.62. The van der Waals surface area contributed by atoms with Gasteiger partial charge in [-0.1, -0.05) is 36.7 Å². The fraction of sp³-hybridized carbons (Fsp3) is 0.286. The van der Waals surface area contributed by atoms with Crippen molar-refractivity contribution in [2.24, 2.45) is 0 Å². The number of hydrogen-bond acceptors (Lipinski definition) is 3. The smallest absolute Gasteiger partial charge is 0.317 e. The van der Waals surface area contributed by atoms with Crippen molar-refractivity contribution in [3.05, 3.63) is 69.7 Å². The fourth-order valence-corrected chi connectivity index (χ4v) is 3.48. The Morgan fingerprint density at radius 1 is 1.21 bits per heavy atom. The maximum Gasteiger partial charge on any atom is 0.322 e. The molecule has 0 aliphatic carbocycles. The molecule has 0 spiro atoms. The minimum absolute atomic E-state index is 0.0924. The van der Waals surface area contributed by atoms with Gasteiger partial charge in [0, 0.05) is 24.3 Å². The monoisotopic (exact) mass is 398 g/mol. The average Bonchev–Trinajstić information content (AvgIpc) is 2.69. The van der Waals surface area contributed by atoms with Crippen LogP contribution >= 0.6 is 11.6 Å². The van der Waals surface area contributed by atoms with E-state index in [4.69, 9.17) is 16.6 Å². The van der Waals surface area contributed by atoms with E-state index < -0.39 is 0 Å². The van der Waals surface area contributed by atoms with Gasteiger partial charge in [0.05, 0.1) is 16.9 Å². The van der Waals surface area contributed by atoms with Gasteiger partial charge in [0.1, 0.15) is 5.82 Å². The highest BCUT2D eigenvalue weighted by molar-refractivity contribution is 6.30. The van der Waals surface area contributed by atoms with Crippen LogP contribution in [0.2, 0.25) is 5.02 Å². The van der Waals surface area contributed by atoms with Gasteiger partial charge in [-0.3, -0.25) is 9.36 Å². The summed E-state index contributed by atoms with van der Waals surface area (Å²) in [7, 11) is 1.70. The summed E-state index contributed by atoms with van der Waals surface area (Å²) in [4.78, 5) is 32.0. The number of anilines is 1. The number of urea groups is 1. The van der Waals surface area contributed by atoms with Gasteiger partial charge in [0.25, 0.3) is 5.56 Å². The number of fused-ring (bicyclic) bond motifs is 1. The SMILES string of the molecule is CCC(c1nc2ccccc2c(=O)n1CC)N(C)C(=O)Nc1cccc(Cl)c1. The van der Waals surface area contributed by atoms with E-state index in [1.54, 1.807) is 46.8 Å². The van der Waals surface area contributed by atoms with Crippen molar-refractivity contribution in [1.82, 2.24) is 14.5 Å². The molecule has 0 radical (unpaired) electrons.